The minimum Gasteiger partial charge on any atom is -0.335 e. The monoisotopic (exact) mass is 339 g/mol. The van der Waals surface area contributed by atoms with Gasteiger partial charge in [-0.3, -0.25) is 9.48 Å². The van der Waals surface area contributed by atoms with E-state index in [4.69, 9.17) is 0 Å². The van der Waals surface area contributed by atoms with Gasteiger partial charge < -0.3 is 4.90 Å². The van der Waals surface area contributed by atoms with Crippen LogP contribution in [0.1, 0.15) is 29.8 Å². The summed E-state index contributed by atoms with van der Waals surface area (Å²) in [7, 11) is -1.12. The Morgan fingerprint density at radius 2 is 2.17 bits per heavy atom. The van der Waals surface area contributed by atoms with Gasteiger partial charge in [-0.25, -0.2) is 8.42 Å². The van der Waals surface area contributed by atoms with Crippen LogP contribution in [-0.2, 0) is 28.1 Å². The van der Waals surface area contributed by atoms with E-state index in [0.29, 0.717) is 25.8 Å². The molecule has 0 spiro atoms. The van der Waals surface area contributed by atoms with E-state index in [1.807, 2.05) is 25.6 Å². The second-order valence-corrected chi connectivity index (χ2v) is 8.39. The maximum atomic E-state index is 12.6. The minimum absolute atomic E-state index is 0.0188. The van der Waals surface area contributed by atoms with Gasteiger partial charge in [-0.2, -0.15) is 5.10 Å². The third kappa shape index (κ3) is 4.02. The normalized spacial score (nSPS) is 19.7. The van der Waals surface area contributed by atoms with Gasteiger partial charge in [0, 0.05) is 31.7 Å². The number of amides is 1. The van der Waals surface area contributed by atoms with Gasteiger partial charge in [0.1, 0.15) is 0 Å². The van der Waals surface area contributed by atoms with Gasteiger partial charge in [0.25, 0.3) is 0 Å². The van der Waals surface area contributed by atoms with Crippen LogP contribution in [0.4, 0.5) is 0 Å². The van der Waals surface area contributed by atoms with Crippen LogP contribution in [0, 0.1) is 13.8 Å². The third-order valence-corrected chi connectivity index (χ3v) is 6.29. The Balaban J connectivity index is 2.05. The lowest BCUT2D eigenvalue weighted by molar-refractivity contribution is -0.132. The maximum Gasteiger partial charge on any atom is 0.223 e. The van der Waals surface area contributed by atoms with E-state index in [-0.39, 0.29) is 23.5 Å². The standard InChI is InChI=1S/C16H25N3O3S/c1-5-9-19(14-8-10-23(21,22)11-14)16(20)7-6-15-12(2)17-18(4)13(15)3/h5,14H,1,6-11H2,2-4H3/t14-/m0/s1. The van der Waals surface area contributed by atoms with Crippen molar-refractivity contribution in [3.8, 4) is 0 Å². The summed E-state index contributed by atoms with van der Waals surface area (Å²) in [5.74, 6) is 0.214. The smallest absolute Gasteiger partial charge is 0.223 e. The van der Waals surface area contributed by atoms with Crippen molar-refractivity contribution >= 4 is 15.7 Å². The Bertz CT molecular complexity index is 706. The summed E-state index contributed by atoms with van der Waals surface area (Å²) in [4.78, 5) is 14.3. The van der Waals surface area contributed by atoms with Crippen LogP contribution < -0.4 is 0 Å². The summed E-state index contributed by atoms with van der Waals surface area (Å²) < 4.78 is 25.2. The van der Waals surface area contributed by atoms with Crippen LogP contribution in [0.2, 0.25) is 0 Å². The zero-order valence-corrected chi connectivity index (χ0v) is 14.9. The average Bonchev–Trinajstić information content (AvgIpc) is 2.94. The maximum absolute atomic E-state index is 12.6. The highest BCUT2D eigenvalue weighted by Gasteiger charge is 2.33. The molecule has 1 aliphatic rings. The van der Waals surface area contributed by atoms with Crippen LogP contribution in [0.25, 0.3) is 0 Å². The Labute approximate surface area is 138 Å². The van der Waals surface area contributed by atoms with Crippen LogP contribution in [0.5, 0.6) is 0 Å². The lowest BCUT2D eigenvalue weighted by Crippen LogP contribution is -2.41. The van der Waals surface area contributed by atoms with Crippen LogP contribution in [0.15, 0.2) is 12.7 Å². The van der Waals surface area contributed by atoms with Crippen molar-refractivity contribution in [2.45, 2.75) is 39.2 Å². The number of rotatable bonds is 6. The number of aryl methyl sites for hydroxylation is 2. The topological polar surface area (TPSA) is 72.3 Å². The van der Waals surface area contributed by atoms with E-state index in [9.17, 15) is 13.2 Å². The molecule has 128 valence electrons. The molecule has 0 aromatic carbocycles. The second kappa shape index (κ2) is 6.86. The first-order valence-corrected chi connectivity index (χ1v) is 9.67. The molecule has 0 unspecified atom stereocenters. The summed E-state index contributed by atoms with van der Waals surface area (Å²) in [6.07, 6.45) is 3.16. The van der Waals surface area contributed by atoms with E-state index in [1.165, 1.54) is 0 Å². The first-order valence-electron chi connectivity index (χ1n) is 7.85. The molecule has 1 aromatic heterocycles. The molecule has 1 amide bonds. The highest BCUT2D eigenvalue weighted by molar-refractivity contribution is 7.91. The van der Waals surface area contributed by atoms with E-state index in [2.05, 4.69) is 11.7 Å². The van der Waals surface area contributed by atoms with Gasteiger partial charge in [0.15, 0.2) is 9.84 Å². The second-order valence-electron chi connectivity index (χ2n) is 6.16. The zero-order valence-electron chi connectivity index (χ0n) is 14.1. The predicted molar refractivity (Wildman–Crippen MR) is 90.0 cm³/mol. The SMILES string of the molecule is C=CCN(C(=O)CCc1c(C)nn(C)c1C)[C@H]1CCS(=O)(=O)C1. The number of hydrogen-bond acceptors (Lipinski definition) is 4. The number of carbonyl (C=O) groups excluding carboxylic acids is 1. The number of hydrogen-bond donors (Lipinski definition) is 0. The predicted octanol–water partition coefficient (Wildman–Crippen LogP) is 1.17. The Hall–Kier alpha value is -1.63. The quantitative estimate of drug-likeness (QED) is 0.730. The lowest BCUT2D eigenvalue weighted by atomic mass is 10.1. The average molecular weight is 339 g/mol. The molecule has 23 heavy (non-hydrogen) atoms. The van der Waals surface area contributed by atoms with Crippen LogP contribution in [0.3, 0.4) is 0 Å². The number of sulfone groups is 1. The Kier molecular flexibility index (Phi) is 5.29. The molecule has 0 saturated carbocycles. The van der Waals surface area contributed by atoms with Crippen molar-refractivity contribution in [1.29, 1.82) is 0 Å². The molecule has 0 aliphatic carbocycles. The van der Waals surface area contributed by atoms with E-state index < -0.39 is 9.84 Å². The molecule has 0 bridgehead atoms. The highest BCUT2D eigenvalue weighted by atomic mass is 32.2. The third-order valence-electron chi connectivity index (χ3n) is 4.54. The van der Waals surface area contributed by atoms with Crippen molar-refractivity contribution in [2.24, 2.45) is 7.05 Å². The minimum atomic E-state index is -3.01. The Morgan fingerprint density at radius 3 is 2.65 bits per heavy atom. The van der Waals surface area contributed by atoms with Gasteiger partial charge in [0.2, 0.25) is 5.91 Å². The zero-order chi connectivity index (χ0) is 17.2. The van der Waals surface area contributed by atoms with Gasteiger partial charge in [0.05, 0.1) is 17.2 Å². The molecule has 2 heterocycles. The molecule has 1 aromatic rings. The molecule has 7 heteroatoms. The fourth-order valence-corrected chi connectivity index (χ4v) is 4.90. The highest BCUT2D eigenvalue weighted by Crippen LogP contribution is 2.20. The molecule has 2 rings (SSSR count). The molecular formula is C16H25N3O3S. The van der Waals surface area contributed by atoms with Crippen molar-refractivity contribution < 1.29 is 13.2 Å². The summed E-state index contributed by atoms with van der Waals surface area (Å²) in [5.41, 5.74) is 3.10. The lowest BCUT2D eigenvalue weighted by Gasteiger charge is -2.27. The number of nitrogens with zero attached hydrogens (tertiary/aromatic N) is 3. The largest absolute Gasteiger partial charge is 0.335 e. The van der Waals surface area contributed by atoms with Crippen LogP contribution >= 0.6 is 0 Å². The molecular weight excluding hydrogens is 314 g/mol. The van der Waals surface area contributed by atoms with Crippen molar-refractivity contribution in [1.82, 2.24) is 14.7 Å². The van der Waals surface area contributed by atoms with E-state index >= 15 is 0 Å². The summed E-state index contributed by atoms with van der Waals surface area (Å²) >= 11 is 0. The molecule has 1 atom stereocenters. The summed E-state index contributed by atoms with van der Waals surface area (Å²) in [6, 6.07) is -0.221. The van der Waals surface area contributed by atoms with Gasteiger partial charge in [-0.05, 0) is 32.3 Å². The molecule has 1 saturated heterocycles. The van der Waals surface area contributed by atoms with Crippen molar-refractivity contribution in [2.75, 3.05) is 18.1 Å². The van der Waals surface area contributed by atoms with Gasteiger partial charge in [-0.1, -0.05) is 6.08 Å². The van der Waals surface area contributed by atoms with Gasteiger partial charge >= 0.3 is 0 Å². The van der Waals surface area contributed by atoms with Gasteiger partial charge in [-0.15, -0.1) is 6.58 Å². The fourth-order valence-electron chi connectivity index (χ4n) is 3.17. The number of aromatic nitrogens is 2. The first kappa shape index (κ1) is 17.7. The summed E-state index contributed by atoms with van der Waals surface area (Å²) in [5, 5.41) is 4.36. The fraction of sp³-hybridized carbons (Fsp3) is 0.625. The van der Waals surface area contributed by atoms with E-state index in [0.717, 1.165) is 17.0 Å². The van der Waals surface area contributed by atoms with E-state index in [1.54, 1.807) is 11.0 Å². The molecule has 1 fully saturated rings. The Morgan fingerprint density at radius 1 is 1.48 bits per heavy atom. The van der Waals surface area contributed by atoms with Crippen LogP contribution in [-0.4, -0.2) is 53.1 Å². The molecule has 1 aliphatic heterocycles. The van der Waals surface area contributed by atoms with Crippen molar-refractivity contribution in [3.05, 3.63) is 29.6 Å². The molecule has 0 radical (unpaired) electrons. The molecule has 0 N–H and O–H groups in total. The molecule has 6 nitrogen and oxygen atoms in total. The number of carbonyl (C=O) groups is 1. The van der Waals surface area contributed by atoms with Crippen molar-refractivity contribution in [3.63, 3.8) is 0 Å². The summed E-state index contributed by atoms with van der Waals surface area (Å²) in [6.45, 7) is 8.01. The first-order chi connectivity index (χ1) is 10.7.